The summed E-state index contributed by atoms with van der Waals surface area (Å²) in [5.41, 5.74) is 7.55. The topological polar surface area (TPSA) is 110 Å². The van der Waals surface area contributed by atoms with Gasteiger partial charge in [0.2, 0.25) is 5.91 Å². The first-order valence-corrected chi connectivity index (χ1v) is 14.6. The van der Waals surface area contributed by atoms with E-state index in [1.807, 2.05) is 36.4 Å². The normalized spacial score (nSPS) is 24.7. The lowest BCUT2D eigenvalue weighted by atomic mass is 9.91. The maximum absolute atomic E-state index is 11.6. The number of hydrogen-bond donors (Lipinski definition) is 3. The maximum Gasteiger partial charge on any atom is 0.246 e. The van der Waals surface area contributed by atoms with Crippen LogP contribution in [-0.2, 0) is 16.0 Å². The molecule has 9 heteroatoms. The molecule has 8 nitrogen and oxygen atoms in total. The molecule has 1 aliphatic heterocycles. The Labute approximate surface area is 227 Å². The molecule has 2 aromatic heterocycles. The molecule has 3 aromatic rings. The summed E-state index contributed by atoms with van der Waals surface area (Å²) in [5.74, 6) is 1.00. The Balaban J connectivity index is 1.28. The number of aliphatic hydroxyl groups is 1. The number of ether oxygens (including phenoxy) is 2. The van der Waals surface area contributed by atoms with Crippen molar-refractivity contribution >= 4 is 39.0 Å². The van der Waals surface area contributed by atoms with E-state index in [9.17, 15) is 9.90 Å². The molecule has 3 heterocycles. The summed E-state index contributed by atoms with van der Waals surface area (Å²) >= 11 is 1.70. The summed E-state index contributed by atoms with van der Waals surface area (Å²) in [5, 5.41) is 14.7. The number of carbonyl (C=O) groups is 1. The quantitative estimate of drug-likeness (QED) is 0.393. The molecule has 0 unspecified atom stereocenters. The number of hydrogen-bond acceptors (Lipinski definition) is 8. The van der Waals surface area contributed by atoms with Crippen molar-refractivity contribution in [1.82, 2.24) is 9.88 Å². The predicted molar refractivity (Wildman–Crippen MR) is 149 cm³/mol. The van der Waals surface area contributed by atoms with Crippen molar-refractivity contribution in [3.63, 3.8) is 0 Å². The van der Waals surface area contributed by atoms with E-state index in [0.29, 0.717) is 12.5 Å². The van der Waals surface area contributed by atoms with Crippen molar-refractivity contribution in [3.8, 4) is 5.75 Å². The molecule has 0 spiro atoms. The van der Waals surface area contributed by atoms with Crippen LogP contribution in [0.4, 0.5) is 11.5 Å². The Bertz CT molecular complexity index is 1270. The highest BCUT2D eigenvalue weighted by Gasteiger charge is 2.34. The molecule has 2 fully saturated rings. The number of morpholine rings is 1. The first kappa shape index (κ1) is 25.6. The Morgan fingerprint density at radius 1 is 1.18 bits per heavy atom. The van der Waals surface area contributed by atoms with Gasteiger partial charge in [0.15, 0.2) is 0 Å². The van der Waals surface area contributed by atoms with Gasteiger partial charge in [0.1, 0.15) is 22.5 Å². The zero-order chi connectivity index (χ0) is 26.1. The molecule has 6 rings (SSSR count). The molecule has 0 bridgehead atoms. The van der Waals surface area contributed by atoms with Gasteiger partial charge in [-0.25, -0.2) is 4.98 Å². The number of nitrogens with one attached hydrogen (secondary N) is 1. The van der Waals surface area contributed by atoms with E-state index < -0.39 is 12.0 Å². The summed E-state index contributed by atoms with van der Waals surface area (Å²) in [7, 11) is 0. The minimum Gasteiger partial charge on any atom is -0.490 e. The van der Waals surface area contributed by atoms with Crippen LogP contribution in [0.25, 0.3) is 10.2 Å². The number of aryl methyl sites for hydroxylation is 1. The minimum absolute atomic E-state index is 0.0652. The Morgan fingerprint density at radius 3 is 2.68 bits per heavy atom. The molecule has 3 aliphatic rings. The van der Waals surface area contributed by atoms with Gasteiger partial charge in [0, 0.05) is 35.8 Å². The van der Waals surface area contributed by atoms with Crippen molar-refractivity contribution in [2.45, 2.75) is 69.1 Å². The van der Waals surface area contributed by atoms with Crippen molar-refractivity contribution in [2.24, 2.45) is 5.73 Å². The SMILES string of the molecule is NC(=O)[C@@H](O)C[C@H]1CCc2sc3nc(Nc4ccccc4)cc(O[C@H]4CC[C@H](N5CCOCC5)CC4)c3c21. The van der Waals surface area contributed by atoms with E-state index in [2.05, 4.69) is 10.2 Å². The highest BCUT2D eigenvalue weighted by atomic mass is 32.1. The molecule has 1 saturated heterocycles. The van der Waals surface area contributed by atoms with Crippen LogP contribution < -0.4 is 15.8 Å². The fourth-order valence-corrected chi connectivity index (χ4v) is 7.59. The van der Waals surface area contributed by atoms with Gasteiger partial charge in [-0.3, -0.25) is 9.69 Å². The molecule has 1 saturated carbocycles. The number of amides is 1. The van der Waals surface area contributed by atoms with Crippen molar-refractivity contribution in [2.75, 3.05) is 31.6 Å². The highest BCUT2D eigenvalue weighted by molar-refractivity contribution is 7.19. The maximum atomic E-state index is 11.6. The van der Waals surface area contributed by atoms with Crippen LogP contribution in [0.3, 0.4) is 0 Å². The highest BCUT2D eigenvalue weighted by Crippen LogP contribution is 2.49. The Morgan fingerprint density at radius 2 is 1.95 bits per heavy atom. The molecule has 2 atom stereocenters. The van der Waals surface area contributed by atoms with E-state index in [4.69, 9.17) is 20.2 Å². The number of primary amides is 1. The lowest BCUT2D eigenvalue weighted by Crippen LogP contribution is -2.46. The predicted octanol–water partition coefficient (Wildman–Crippen LogP) is 4.33. The second kappa shape index (κ2) is 11.2. The van der Waals surface area contributed by atoms with Gasteiger partial charge >= 0.3 is 0 Å². The molecular weight excluding hydrogens is 500 g/mol. The molecule has 1 amide bonds. The summed E-state index contributed by atoms with van der Waals surface area (Å²) in [6, 6.07) is 12.7. The number of nitrogens with zero attached hydrogens (tertiary/aromatic N) is 2. The number of pyridine rings is 1. The summed E-state index contributed by atoms with van der Waals surface area (Å²) in [6.45, 7) is 3.71. The number of nitrogens with two attached hydrogens (primary N) is 1. The first-order chi connectivity index (χ1) is 18.5. The van der Waals surface area contributed by atoms with Crippen molar-refractivity contribution < 1.29 is 19.4 Å². The van der Waals surface area contributed by atoms with Crippen LogP contribution in [-0.4, -0.2) is 65.5 Å². The summed E-state index contributed by atoms with van der Waals surface area (Å²) in [6.07, 6.45) is 5.44. The number of aromatic nitrogens is 1. The number of aliphatic hydroxyl groups excluding tert-OH is 1. The second-order valence-electron chi connectivity index (χ2n) is 10.7. The summed E-state index contributed by atoms with van der Waals surface area (Å²) in [4.78, 5) is 21.4. The molecule has 2 aliphatic carbocycles. The second-order valence-corrected chi connectivity index (χ2v) is 11.8. The molecular formula is C29H36N4O4S. The van der Waals surface area contributed by atoms with E-state index in [0.717, 1.165) is 92.3 Å². The molecule has 4 N–H and O–H groups in total. The minimum atomic E-state index is -1.15. The van der Waals surface area contributed by atoms with E-state index in [1.165, 1.54) is 10.4 Å². The standard InChI is InChI=1S/C29H36N4O4S/c30-28(35)22(34)16-18-6-11-24-26(18)27-23(17-25(32-29(27)38-24)31-19-4-2-1-3-5-19)37-21-9-7-20(8-10-21)33-12-14-36-15-13-33/h1-5,17-18,20-22,34H,6-16H2,(H2,30,35)(H,31,32)/t18-,20-,21-,22+/m1/s1. The molecule has 202 valence electrons. The largest absolute Gasteiger partial charge is 0.490 e. The lowest BCUT2D eigenvalue weighted by molar-refractivity contribution is -0.126. The molecule has 38 heavy (non-hydrogen) atoms. The van der Waals surface area contributed by atoms with Crippen LogP contribution in [0.15, 0.2) is 36.4 Å². The van der Waals surface area contributed by atoms with Gasteiger partial charge in [-0.2, -0.15) is 0 Å². The Hall–Kier alpha value is -2.72. The number of fused-ring (bicyclic) bond motifs is 3. The van der Waals surface area contributed by atoms with Gasteiger partial charge < -0.3 is 25.6 Å². The lowest BCUT2D eigenvalue weighted by Gasteiger charge is -2.38. The van der Waals surface area contributed by atoms with Crippen molar-refractivity contribution in [3.05, 3.63) is 46.8 Å². The summed E-state index contributed by atoms with van der Waals surface area (Å²) < 4.78 is 12.3. The van der Waals surface area contributed by atoms with Gasteiger partial charge in [0.05, 0.1) is 24.7 Å². The van der Waals surface area contributed by atoms with Gasteiger partial charge in [-0.1, -0.05) is 18.2 Å². The third kappa shape index (κ3) is 5.38. The zero-order valence-electron chi connectivity index (χ0n) is 21.6. The zero-order valence-corrected chi connectivity index (χ0v) is 22.4. The smallest absolute Gasteiger partial charge is 0.246 e. The van der Waals surface area contributed by atoms with Crippen LogP contribution in [0.2, 0.25) is 0 Å². The number of para-hydroxylation sites is 1. The fraction of sp³-hybridized carbons (Fsp3) is 0.517. The van der Waals surface area contributed by atoms with E-state index in [1.54, 1.807) is 11.3 Å². The van der Waals surface area contributed by atoms with E-state index >= 15 is 0 Å². The number of anilines is 2. The molecule has 0 radical (unpaired) electrons. The average molecular weight is 537 g/mol. The number of carbonyl (C=O) groups excluding carboxylic acids is 1. The van der Waals surface area contributed by atoms with Crippen LogP contribution >= 0.6 is 11.3 Å². The number of rotatable bonds is 8. The Kier molecular flexibility index (Phi) is 7.52. The first-order valence-electron chi connectivity index (χ1n) is 13.8. The average Bonchev–Trinajstić information content (AvgIpc) is 3.49. The van der Waals surface area contributed by atoms with Gasteiger partial charge in [-0.15, -0.1) is 11.3 Å². The van der Waals surface area contributed by atoms with Crippen LogP contribution in [0.5, 0.6) is 5.75 Å². The van der Waals surface area contributed by atoms with Gasteiger partial charge in [0.25, 0.3) is 0 Å². The van der Waals surface area contributed by atoms with E-state index in [-0.39, 0.29) is 12.0 Å². The third-order valence-corrected chi connectivity index (χ3v) is 9.41. The number of benzene rings is 1. The van der Waals surface area contributed by atoms with Gasteiger partial charge in [-0.05, 0) is 68.6 Å². The van der Waals surface area contributed by atoms with Crippen LogP contribution in [0, 0.1) is 0 Å². The monoisotopic (exact) mass is 536 g/mol. The third-order valence-electron chi connectivity index (χ3n) is 8.25. The van der Waals surface area contributed by atoms with Crippen LogP contribution in [0.1, 0.15) is 54.9 Å². The fourth-order valence-electron chi connectivity index (χ4n) is 6.30. The van der Waals surface area contributed by atoms with Crippen molar-refractivity contribution in [1.29, 1.82) is 0 Å². The number of thiophene rings is 1. The molecule has 1 aromatic carbocycles.